The van der Waals surface area contributed by atoms with E-state index in [0.29, 0.717) is 24.1 Å². The quantitative estimate of drug-likeness (QED) is 0.661. The average molecular weight is 444 g/mol. The lowest BCUT2D eigenvalue weighted by atomic mass is 10.2. The van der Waals surface area contributed by atoms with Crippen LogP contribution in [0.5, 0.6) is 0 Å². The minimum Gasteiger partial charge on any atom is -0.382 e. The van der Waals surface area contributed by atoms with Gasteiger partial charge in [0.1, 0.15) is 10.7 Å². The molecule has 30 heavy (non-hydrogen) atoms. The second-order valence-electron chi connectivity index (χ2n) is 7.19. The van der Waals surface area contributed by atoms with Gasteiger partial charge in [-0.1, -0.05) is 23.7 Å². The van der Waals surface area contributed by atoms with Gasteiger partial charge in [-0.2, -0.15) is 4.98 Å². The van der Waals surface area contributed by atoms with Crippen LogP contribution in [0.2, 0.25) is 5.02 Å². The molecule has 3 aromatic rings. The maximum Gasteiger partial charge on any atom is 0.227 e. The van der Waals surface area contributed by atoms with Gasteiger partial charge in [-0.25, -0.2) is 13.4 Å². The van der Waals surface area contributed by atoms with E-state index in [1.807, 2.05) is 42.2 Å². The summed E-state index contributed by atoms with van der Waals surface area (Å²) in [6, 6.07) is 14.4. The number of anilines is 3. The number of piperazine rings is 1. The van der Waals surface area contributed by atoms with Crippen LogP contribution in [0.1, 0.15) is 5.56 Å². The van der Waals surface area contributed by atoms with Crippen molar-refractivity contribution in [2.75, 3.05) is 41.7 Å². The number of nitrogens with zero attached hydrogens (tertiary/aromatic N) is 4. The summed E-state index contributed by atoms with van der Waals surface area (Å²) in [5.74, 6) is 0.396. The Hall–Kier alpha value is -2.84. The van der Waals surface area contributed by atoms with Gasteiger partial charge in [0.15, 0.2) is 0 Å². The van der Waals surface area contributed by atoms with Crippen molar-refractivity contribution in [2.45, 2.75) is 16.7 Å². The highest BCUT2D eigenvalue weighted by atomic mass is 35.5. The lowest BCUT2D eigenvalue weighted by molar-refractivity contribution is 0.595. The number of rotatable bonds is 4. The Balaban J connectivity index is 1.51. The monoisotopic (exact) mass is 443 g/mol. The first-order chi connectivity index (χ1) is 14.3. The van der Waals surface area contributed by atoms with Gasteiger partial charge in [0.05, 0.1) is 11.1 Å². The summed E-state index contributed by atoms with van der Waals surface area (Å²) in [5, 5.41) is 0.710. The van der Waals surface area contributed by atoms with Crippen molar-refractivity contribution in [3.63, 3.8) is 0 Å². The molecule has 0 radical (unpaired) electrons. The van der Waals surface area contributed by atoms with E-state index < -0.39 is 9.84 Å². The van der Waals surface area contributed by atoms with Crippen molar-refractivity contribution in [3.8, 4) is 0 Å². The minimum absolute atomic E-state index is 0.0402. The van der Waals surface area contributed by atoms with Crippen LogP contribution in [0.15, 0.2) is 64.5 Å². The molecule has 0 aliphatic carbocycles. The SMILES string of the molecule is Cc1cccc(S(=O)(=O)c2cnc(N3CCN(c4ccc(Cl)cc4)CC3)nc2N)c1. The molecular formula is C21H22ClN5O2S. The van der Waals surface area contributed by atoms with Gasteiger partial charge < -0.3 is 15.5 Å². The molecule has 1 saturated heterocycles. The topological polar surface area (TPSA) is 92.4 Å². The first-order valence-corrected chi connectivity index (χ1v) is 11.4. The number of sulfone groups is 1. The highest BCUT2D eigenvalue weighted by molar-refractivity contribution is 7.91. The van der Waals surface area contributed by atoms with Gasteiger partial charge in [-0.15, -0.1) is 0 Å². The number of aryl methyl sites for hydroxylation is 1. The van der Waals surface area contributed by atoms with Crippen molar-refractivity contribution < 1.29 is 8.42 Å². The smallest absolute Gasteiger partial charge is 0.227 e. The van der Waals surface area contributed by atoms with Crippen LogP contribution in [0.4, 0.5) is 17.5 Å². The Morgan fingerprint density at radius 1 is 1.00 bits per heavy atom. The normalized spacial score (nSPS) is 14.7. The lowest BCUT2D eigenvalue weighted by Gasteiger charge is -2.36. The zero-order valence-electron chi connectivity index (χ0n) is 16.5. The predicted octanol–water partition coefficient (Wildman–Crippen LogP) is 3.18. The maximum absolute atomic E-state index is 12.9. The summed E-state index contributed by atoms with van der Waals surface area (Å²) in [7, 11) is -3.78. The summed E-state index contributed by atoms with van der Waals surface area (Å²) in [5.41, 5.74) is 8.01. The van der Waals surface area contributed by atoms with Crippen LogP contribution in [0.25, 0.3) is 0 Å². The molecule has 156 valence electrons. The average Bonchev–Trinajstić information content (AvgIpc) is 2.74. The largest absolute Gasteiger partial charge is 0.382 e. The van der Waals surface area contributed by atoms with Crippen molar-refractivity contribution in [1.82, 2.24) is 9.97 Å². The van der Waals surface area contributed by atoms with Gasteiger partial charge in [-0.05, 0) is 48.9 Å². The third kappa shape index (κ3) is 4.06. The van der Waals surface area contributed by atoms with E-state index in [2.05, 4.69) is 14.9 Å². The Morgan fingerprint density at radius 3 is 2.30 bits per heavy atom. The van der Waals surface area contributed by atoms with Crippen LogP contribution in [0.3, 0.4) is 0 Å². The van der Waals surface area contributed by atoms with Crippen LogP contribution in [-0.2, 0) is 9.84 Å². The fourth-order valence-corrected chi connectivity index (χ4v) is 4.95. The molecule has 9 heteroatoms. The molecule has 1 aromatic heterocycles. The second kappa shape index (κ2) is 8.12. The summed E-state index contributed by atoms with van der Waals surface area (Å²) < 4.78 is 25.9. The Bertz CT molecular complexity index is 1160. The van der Waals surface area contributed by atoms with Gasteiger partial charge in [0, 0.05) is 36.9 Å². The lowest BCUT2D eigenvalue weighted by Crippen LogP contribution is -2.47. The molecule has 0 unspecified atom stereocenters. The van der Waals surface area contributed by atoms with Gasteiger partial charge >= 0.3 is 0 Å². The third-order valence-electron chi connectivity index (χ3n) is 5.11. The fraction of sp³-hybridized carbons (Fsp3) is 0.238. The van der Waals surface area contributed by atoms with E-state index in [1.54, 1.807) is 18.2 Å². The van der Waals surface area contributed by atoms with Crippen LogP contribution in [0, 0.1) is 6.92 Å². The summed E-state index contributed by atoms with van der Waals surface area (Å²) >= 11 is 5.96. The van der Waals surface area contributed by atoms with E-state index in [9.17, 15) is 8.42 Å². The maximum atomic E-state index is 12.9. The number of benzene rings is 2. The molecule has 2 aromatic carbocycles. The second-order valence-corrected chi connectivity index (χ2v) is 9.54. The predicted molar refractivity (Wildman–Crippen MR) is 119 cm³/mol. The number of hydrogen-bond donors (Lipinski definition) is 1. The molecular weight excluding hydrogens is 422 g/mol. The van der Waals surface area contributed by atoms with Gasteiger partial charge in [0.25, 0.3) is 0 Å². The summed E-state index contributed by atoms with van der Waals surface area (Å²) in [6.45, 7) is 4.81. The van der Waals surface area contributed by atoms with Crippen molar-refractivity contribution >= 4 is 38.9 Å². The first-order valence-electron chi connectivity index (χ1n) is 9.54. The van der Waals surface area contributed by atoms with Crippen LogP contribution in [-0.4, -0.2) is 44.6 Å². The van der Waals surface area contributed by atoms with Crippen molar-refractivity contribution in [1.29, 1.82) is 0 Å². The highest BCUT2D eigenvalue weighted by Gasteiger charge is 2.25. The number of nitrogens with two attached hydrogens (primary N) is 1. The molecule has 0 saturated carbocycles. The van der Waals surface area contributed by atoms with Gasteiger partial charge in [0.2, 0.25) is 15.8 Å². The molecule has 2 N–H and O–H groups in total. The summed E-state index contributed by atoms with van der Waals surface area (Å²) in [4.78, 5) is 13.0. The molecule has 1 fully saturated rings. The Morgan fingerprint density at radius 2 is 1.67 bits per heavy atom. The van der Waals surface area contributed by atoms with E-state index in [4.69, 9.17) is 17.3 Å². The van der Waals surface area contributed by atoms with E-state index >= 15 is 0 Å². The van der Waals surface area contributed by atoms with Crippen molar-refractivity contribution in [2.24, 2.45) is 0 Å². The first kappa shape index (κ1) is 20.4. The Kier molecular flexibility index (Phi) is 5.53. The number of halogens is 1. The molecule has 4 rings (SSSR count). The fourth-order valence-electron chi connectivity index (χ4n) is 3.46. The third-order valence-corrected chi connectivity index (χ3v) is 7.13. The van der Waals surface area contributed by atoms with E-state index in [1.165, 1.54) is 6.20 Å². The molecule has 2 heterocycles. The zero-order chi connectivity index (χ0) is 21.3. The standard InChI is InChI=1S/C21H22ClN5O2S/c1-15-3-2-4-18(13-15)30(28,29)19-14-24-21(25-20(19)23)27-11-9-26(10-12-27)17-7-5-16(22)6-8-17/h2-8,13-14H,9-12H2,1H3,(H2,23,24,25). The molecule has 0 bridgehead atoms. The molecule has 0 amide bonds. The van der Waals surface area contributed by atoms with E-state index in [0.717, 1.165) is 24.3 Å². The number of hydrogen-bond acceptors (Lipinski definition) is 7. The molecule has 7 nitrogen and oxygen atoms in total. The molecule has 1 aliphatic rings. The van der Waals surface area contributed by atoms with E-state index in [-0.39, 0.29) is 15.6 Å². The minimum atomic E-state index is -3.78. The molecule has 0 spiro atoms. The Labute approximate surface area is 181 Å². The molecule has 0 atom stereocenters. The van der Waals surface area contributed by atoms with Gasteiger partial charge in [-0.3, -0.25) is 0 Å². The molecule has 1 aliphatic heterocycles. The van der Waals surface area contributed by atoms with Crippen molar-refractivity contribution in [3.05, 3.63) is 65.3 Å². The summed E-state index contributed by atoms with van der Waals surface area (Å²) in [6.07, 6.45) is 1.31. The highest BCUT2D eigenvalue weighted by Crippen LogP contribution is 2.27. The van der Waals surface area contributed by atoms with Crippen LogP contribution >= 0.6 is 11.6 Å². The number of nitrogen functional groups attached to an aromatic ring is 1. The number of aromatic nitrogens is 2. The van der Waals surface area contributed by atoms with Crippen LogP contribution < -0.4 is 15.5 Å². The zero-order valence-corrected chi connectivity index (χ0v) is 18.1.